The lowest BCUT2D eigenvalue weighted by atomic mass is 10.1. The summed E-state index contributed by atoms with van der Waals surface area (Å²) in [6.07, 6.45) is 2.13. The smallest absolute Gasteiger partial charge is 0.251 e. The van der Waals surface area contributed by atoms with Gasteiger partial charge in [0, 0.05) is 18.2 Å². The van der Waals surface area contributed by atoms with E-state index in [9.17, 15) is 9.18 Å². The van der Waals surface area contributed by atoms with Gasteiger partial charge in [-0.25, -0.2) is 4.39 Å². The first-order valence-electron chi connectivity index (χ1n) is 6.48. The average Bonchev–Trinajstić information content (AvgIpc) is 2.39. The number of benzene rings is 1. The Morgan fingerprint density at radius 3 is 2.83 bits per heavy atom. The van der Waals surface area contributed by atoms with Crippen molar-refractivity contribution in [1.29, 1.82) is 0 Å². The number of nitrogens with one attached hydrogen (secondary N) is 1. The Balaban J connectivity index is 1.92. The maximum Gasteiger partial charge on any atom is 0.251 e. The number of likely N-dealkylation sites (tertiary alicyclic amines) is 1. The predicted octanol–water partition coefficient (Wildman–Crippen LogP) is 2.04. The third-order valence-electron chi connectivity index (χ3n) is 3.39. The molecule has 0 saturated carbocycles. The Hall–Kier alpha value is -1.42. The molecule has 1 saturated heterocycles. The summed E-state index contributed by atoms with van der Waals surface area (Å²) >= 11 is 0. The molecule has 1 unspecified atom stereocenters. The molecule has 1 N–H and O–H groups in total. The third kappa shape index (κ3) is 3.29. The number of halogens is 1. The van der Waals surface area contributed by atoms with E-state index in [4.69, 9.17) is 0 Å². The highest BCUT2D eigenvalue weighted by Crippen LogP contribution is 2.11. The Morgan fingerprint density at radius 1 is 1.44 bits per heavy atom. The van der Waals surface area contributed by atoms with E-state index in [0.717, 1.165) is 32.5 Å². The van der Waals surface area contributed by atoms with Crippen LogP contribution in [0.1, 0.15) is 30.1 Å². The van der Waals surface area contributed by atoms with Crippen LogP contribution in [0, 0.1) is 5.82 Å². The number of rotatable bonds is 3. The molecule has 0 aromatic heterocycles. The number of carbonyl (C=O) groups is 1. The van der Waals surface area contributed by atoms with Crippen LogP contribution >= 0.6 is 0 Å². The van der Waals surface area contributed by atoms with E-state index in [-0.39, 0.29) is 17.8 Å². The number of carbonyl (C=O) groups excluding carboxylic acids is 1. The van der Waals surface area contributed by atoms with Crippen LogP contribution in [-0.4, -0.2) is 36.5 Å². The highest BCUT2D eigenvalue weighted by atomic mass is 19.1. The molecule has 0 bridgehead atoms. The molecule has 2 rings (SSSR count). The minimum atomic E-state index is -0.318. The van der Waals surface area contributed by atoms with Crippen LogP contribution in [0.4, 0.5) is 4.39 Å². The number of hydrogen-bond donors (Lipinski definition) is 1. The quantitative estimate of drug-likeness (QED) is 0.890. The van der Waals surface area contributed by atoms with E-state index in [2.05, 4.69) is 17.1 Å². The first-order valence-corrected chi connectivity index (χ1v) is 6.48. The monoisotopic (exact) mass is 250 g/mol. The summed E-state index contributed by atoms with van der Waals surface area (Å²) in [5.41, 5.74) is 0.519. The minimum absolute atomic E-state index is 0.113. The molecular formula is C14H19FN2O. The van der Waals surface area contributed by atoms with Crippen LogP contribution in [0.25, 0.3) is 0 Å². The summed E-state index contributed by atoms with van der Waals surface area (Å²) in [6.45, 7) is 5.16. The summed E-state index contributed by atoms with van der Waals surface area (Å²) in [6, 6.07) is 5.87. The first kappa shape index (κ1) is 13.0. The van der Waals surface area contributed by atoms with Gasteiger partial charge >= 0.3 is 0 Å². The fraction of sp³-hybridized carbons (Fsp3) is 0.500. The van der Waals surface area contributed by atoms with Crippen molar-refractivity contribution in [1.82, 2.24) is 10.2 Å². The van der Waals surface area contributed by atoms with Crippen LogP contribution in [0.2, 0.25) is 0 Å². The average molecular weight is 250 g/mol. The second-order valence-corrected chi connectivity index (χ2v) is 4.71. The number of amides is 1. The molecule has 1 amide bonds. The van der Waals surface area contributed by atoms with E-state index < -0.39 is 0 Å². The summed E-state index contributed by atoms with van der Waals surface area (Å²) in [5.74, 6) is -0.431. The van der Waals surface area contributed by atoms with Crippen LogP contribution in [0.5, 0.6) is 0 Å². The van der Waals surface area contributed by atoms with E-state index in [1.54, 1.807) is 0 Å². The van der Waals surface area contributed by atoms with Crippen LogP contribution in [0.3, 0.4) is 0 Å². The molecule has 4 heteroatoms. The zero-order valence-corrected chi connectivity index (χ0v) is 10.7. The SMILES string of the molecule is CCN1CCCC(NC(=O)c2ccc(F)cc2)C1. The largest absolute Gasteiger partial charge is 0.348 e. The van der Waals surface area contributed by atoms with Gasteiger partial charge < -0.3 is 10.2 Å². The molecule has 1 aromatic carbocycles. The van der Waals surface area contributed by atoms with Gasteiger partial charge in [0.2, 0.25) is 0 Å². The summed E-state index contributed by atoms with van der Waals surface area (Å²) in [7, 11) is 0. The van der Waals surface area contributed by atoms with Crippen molar-refractivity contribution in [3.8, 4) is 0 Å². The summed E-state index contributed by atoms with van der Waals surface area (Å²) in [4.78, 5) is 14.3. The van der Waals surface area contributed by atoms with Crippen molar-refractivity contribution < 1.29 is 9.18 Å². The Kier molecular flexibility index (Phi) is 4.31. The molecule has 1 fully saturated rings. The molecule has 1 aromatic rings. The molecule has 1 aliphatic heterocycles. The van der Waals surface area contributed by atoms with Gasteiger partial charge in [0.15, 0.2) is 0 Å². The van der Waals surface area contributed by atoms with Gasteiger partial charge in [-0.15, -0.1) is 0 Å². The van der Waals surface area contributed by atoms with Crippen molar-refractivity contribution >= 4 is 5.91 Å². The van der Waals surface area contributed by atoms with E-state index >= 15 is 0 Å². The van der Waals surface area contributed by atoms with Crippen LogP contribution in [-0.2, 0) is 0 Å². The fourth-order valence-electron chi connectivity index (χ4n) is 2.33. The van der Waals surface area contributed by atoms with Gasteiger partial charge in [-0.3, -0.25) is 4.79 Å². The second-order valence-electron chi connectivity index (χ2n) is 4.71. The van der Waals surface area contributed by atoms with Crippen LogP contribution < -0.4 is 5.32 Å². The highest BCUT2D eigenvalue weighted by Gasteiger charge is 2.20. The zero-order valence-electron chi connectivity index (χ0n) is 10.7. The molecule has 0 spiro atoms. The normalized spacial score (nSPS) is 20.7. The van der Waals surface area contributed by atoms with Crippen molar-refractivity contribution in [3.05, 3.63) is 35.6 Å². The molecule has 1 heterocycles. The lowest BCUT2D eigenvalue weighted by Crippen LogP contribution is -2.47. The van der Waals surface area contributed by atoms with E-state index in [1.807, 2.05) is 0 Å². The molecule has 18 heavy (non-hydrogen) atoms. The number of nitrogens with zero attached hydrogens (tertiary/aromatic N) is 1. The van der Waals surface area contributed by atoms with E-state index in [0.29, 0.717) is 5.56 Å². The lowest BCUT2D eigenvalue weighted by molar-refractivity contribution is 0.0906. The van der Waals surface area contributed by atoms with Gasteiger partial charge in [0.25, 0.3) is 5.91 Å². The topological polar surface area (TPSA) is 32.3 Å². The van der Waals surface area contributed by atoms with E-state index in [1.165, 1.54) is 24.3 Å². The molecule has 0 radical (unpaired) electrons. The van der Waals surface area contributed by atoms with Gasteiger partial charge in [-0.1, -0.05) is 6.92 Å². The zero-order chi connectivity index (χ0) is 13.0. The van der Waals surface area contributed by atoms with Crippen molar-refractivity contribution in [2.45, 2.75) is 25.8 Å². The summed E-state index contributed by atoms with van der Waals surface area (Å²) < 4.78 is 12.8. The minimum Gasteiger partial charge on any atom is -0.348 e. The predicted molar refractivity (Wildman–Crippen MR) is 69.0 cm³/mol. The fourth-order valence-corrected chi connectivity index (χ4v) is 2.33. The van der Waals surface area contributed by atoms with Gasteiger partial charge in [0.1, 0.15) is 5.82 Å². The molecule has 0 aliphatic carbocycles. The van der Waals surface area contributed by atoms with Gasteiger partial charge in [0.05, 0.1) is 0 Å². The van der Waals surface area contributed by atoms with Crippen molar-refractivity contribution in [2.75, 3.05) is 19.6 Å². The molecular weight excluding hydrogens is 231 g/mol. The summed E-state index contributed by atoms with van der Waals surface area (Å²) in [5, 5.41) is 3.02. The number of hydrogen-bond acceptors (Lipinski definition) is 2. The molecule has 1 aliphatic rings. The molecule has 3 nitrogen and oxygen atoms in total. The van der Waals surface area contributed by atoms with Gasteiger partial charge in [-0.2, -0.15) is 0 Å². The maximum absolute atomic E-state index is 12.8. The number of piperidine rings is 1. The maximum atomic E-state index is 12.8. The van der Waals surface area contributed by atoms with Crippen LogP contribution in [0.15, 0.2) is 24.3 Å². The molecule has 98 valence electrons. The first-order chi connectivity index (χ1) is 8.69. The molecule has 1 atom stereocenters. The van der Waals surface area contributed by atoms with Crippen molar-refractivity contribution in [2.24, 2.45) is 0 Å². The van der Waals surface area contributed by atoms with Crippen molar-refractivity contribution in [3.63, 3.8) is 0 Å². The van der Waals surface area contributed by atoms with Gasteiger partial charge in [-0.05, 0) is 50.2 Å². The standard InChI is InChI=1S/C14H19FN2O/c1-2-17-9-3-4-13(10-17)16-14(18)11-5-7-12(15)8-6-11/h5-8,13H,2-4,9-10H2,1H3,(H,16,18). The Bertz CT molecular complexity index is 405. The third-order valence-corrected chi connectivity index (χ3v) is 3.39. The Labute approximate surface area is 107 Å². The number of likely N-dealkylation sites (N-methyl/N-ethyl adjacent to an activating group) is 1. The second kappa shape index (κ2) is 5.96. The Morgan fingerprint density at radius 2 is 2.17 bits per heavy atom. The highest BCUT2D eigenvalue weighted by molar-refractivity contribution is 5.94. The lowest BCUT2D eigenvalue weighted by Gasteiger charge is -2.32.